The van der Waals surface area contributed by atoms with Crippen LogP contribution in [0.5, 0.6) is 0 Å². The summed E-state index contributed by atoms with van der Waals surface area (Å²) in [5, 5.41) is 0. The van der Waals surface area contributed by atoms with Crippen molar-refractivity contribution in [1.82, 2.24) is 0 Å². The average Bonchev–Trinajstić information content (AvgIpc) is 1.88. The Morgan fingerprint density at radius 2 is 1.73 bits per heavy atom. The molecule has 0 fully saturated rings. The Morgan fingerprint density at radius 3 is 2.09 bits per heavy atom. The zero-order chi connectivity index (χ0) is 7.56. The van der Waals surface area contributed by atoms with Crippen molar-refractivity contribution >= 4 is 53.3 Å². The third kappa shape index (κ3) is 3.73. The fraction of sp³-hybridized carbons (Fsp3) is 0. The summed E-state index contributed by atoms with van der Waals surface area (Å²) in [5.74, 6) is 0. The van der Waals surface area contributed by atoms with Gasteiger partial charge in [-0.3, -0.25) is 0 Å². The Kier molecular flexibility index (Phi) is 5.68. The molecule has 0 saturated heterocycles. The molecule has 0 amide bonds. The molecule has 55 valence electrons. The van der Waals surface area contributed by atoms with Gasteiger partial charge in [-0.25, -0.2) is 4.21 Å². The van der Waals surface area contributed by atoms with E-state index in [9.17, 15) is 4.21 Å². The van der Waals surface area contributed by atoms with E-state index in [0.29, 0.717) is 4.90 Å². The van der Waals surface area contributed by atoms with Gasteiger partial charge in [0.2, 0.25) is 0 Å². The van der Waals surface area contributed by atoms with Crippen LogP contribution in [0.1, 0.15) is 0 Å². The number of benzene rings is 1. The molecule has 0 aliphatic rings. The van der Waals surface area contributed by atoms with E-state index in [2.05, 4.69) is 12.6 Å². The Bertz CT molecular complexity index is 247. The van der Waals surface area contributed by atoms with Gasteiger partial charge in [0.25, 0.3) is 0 Å². The summed E-state index contributed by atoms with van der Waals surface area (Å²) in [4.78, 5) is 1.19. The fourth-order valence-electron chi connectivity index (χ4n) is 0.563. The molecule has 2 nitrogen and oxygen atoms in total. The summed E-state index contributed by atoms with van der Waals surface area (Å²) in [6.45, 7) is 0. The standard InChI is InChI=1S/C6H6O2S2.Na/c7-10(8)6-3-1-5(9)2-4-6;/h1-4,9H,(H,7,8);. The van der Waals surface area contributed by atoms with E-state index in [4.69, 9.17) is 4.55 Å². The maximum Gasteiger partial charge on any atom is 0.186 e. The molecule has 1 N–H and O–H groups in total. The maximum atomic E-state index is 10.4. The van der Waals surface area contributed by atoms with Crippen LogP contribution in [0.25, 0.3) is 0 Å². The van der Waals surface area contributed by atoms with Gasteiger partial charge in [-0.2, -0.15) is 0 Å². The average molecular weight is 197 g/mol. The molecule has 0 aromatic heterocycles. The SMILES string of the molecule is O=S(O)c1ccc(S)cc1.[Na]. The first-order valence-electron chi connectivity index (χ1n) is 2.60. The third-order valence-electron chi connectivity index (χ3n) is 1.04. The quantitative estimate of drug-likeness (QED) is 0.403. The van der Waals surface area contributed by atoms with Crippen molar-refractivity contribution in [3.05, 3.63) is 24.3 Å². The first-order chi connectivity index (χ1) is 4.70. The molecule has 1 rings (SSSR count). The second kappa shape index (κ2) is 5.35. The van der Waals surface area contributed by atoms with E-state index in [-0.39, 0.29) is 29.6 Å². The van der Waals surface area contributed by atoms with Gasteiger partial charge in [-0.05, 0) is 24.3 Å². The molecule has 5 heteroatoms. The van der Waals surface area contributed by atoms with E-state index >= 15 is 0 Å². The van der Waals surface area contributed by atoms with E-state index in [0.717, 1.165) is 4.90 Å². The zero-order valence-electron chi connectivity index (χ0n) is 6.02. The smallest absolute Gasteiger partial charge is 0.186 e. The summed E-state index contributed by atoms with van der Waals surface area (Å²) in [7, 11) is 0. The molecule has 1 aromatic carbocycles. The minimum atomic E-state index is -1.87. The third-order valence-corrected chi connectivity index (χ3v) is 2.01. The van der Waals surface area contributed by atoms with E-state index in [1.807, 2.05) is 0 Å². The molecule has 11 heavy (non-hydrogen) atoms. The normalized spacial score (nSPS) is 11.8. The van der Waals surface area contributed by atoms with Crippen molar-refractivity contribution in [3.8, 4) is 0 Å². The molecule has 1 radical (unpaired) electrons. The number of hydrogen-bond donors (Lipinski definition) is 2. The number of hydrogen-bond acceptors (Lipinski definition) is 2. The second-order valence-electron chi connectivity index (χ2n) is 1.74. The number of rotatable bonds is 1. The van der Waals surface area contributed by atoms with Crippen LogP contribution in [-0.4, -0.2) is 38.3 Å². The molecule has 0 bridgehead atoms. The monoisotopic (exact) mass is 197 g/mol. The van der Waals surface area contributed by atoms with Gasteiger partial charge < -0.3 is 4.55 Å². The van der Waals surface area contributed by atoms with Crippen LogP contribution >= 0.6 is 12.6 Å². The van der Waals surface area contributed by atoms with Gasteiger partial charge in [-0.1, -0.05) is 0 Å². The molecule has 1 unspecified atom stereocenters. The summed E-state index contributed by atoms with van der Waals surface area (Å²) < 4.78 is 19.0. The van der Waals surface area contributed by atoms with Crippen molar-refractivity contribution in [2.24, 2.45) is 0 Å². The molecule has 1 aromatic rings. The molecular weight excluding hydrogens is 191 g/mol. The summed E-state index contributed by atoms with van der Waals surface area (Å²) in [6, 6.07) is 6.48. The first-order valence-corrected chi connectivity index (χ1v) is 4.15. The number of thiol groups is 1. The molecule has 1 atom stereocenters. The Hall–Kier alpha value is 0.680. The van der Waals surface area contributed by atoms with Crippen molar-refractivity contribution in [3.63, 3.8) is 0 Å². The van der Waals surface area contributed by atoms with Gasteiger partial charge in [-0.15, -0.1) is 12.6 Å². The largest absolute Gasteiger partial charge is 0.302 e. The Morgan fingerprint density at radius 1 is 1.27 bits per heavy atom. The molecule has 0 aliphatic heterocycles. The minimum absolute atomic E-state index is 0. The molecule has 0 saturated carbocycles. The molecule has 0 heterocycles. The summed E-state index contributed by atoms with van der Waals surface area (Å²) in [5.41, 5.74) is 0. The van der Waals surface area contributed by atoms with Gasteiger partial charge in [0.05, 0.1) is 4.90 Å². The minimum Gasteiger partial charge on any atom is -0.302 e. The zero-order valence-corrected chi connectivity index (χ0v) is 9.73. The van der Waals surface area contributed by atoms with Crippen molar-refractivity contribution in [2.75, 3.05) is 0 Å². The van der Waals surface area contributed by atoms with E-state index in [1.165, 1.54) is 0 Å². The van der Waals surface area contributed by atoms with Gasteiger partial charge in [0.1, 0.15) is 0 Å². The predicted octanol–water partition coefficient (Wildman–Crippen LogP) is 1.18. The van der Waals surface area contributed by atoms with Crippen LogP contribution in [0, 0.1) is 0 Å². The topological polar surface area (TPSA) is 37.3 Å². The van der Waals surface area contributed by atoms with E-state index < -0.39 is 11.1 Å². The van der Waals surface area contributed by atoms with Crippen molar-refractivity contribution in [2.45, 2.75) is 9.79 Å². The summed E-state index contributed by atoms with van der Waals surface area (Å²) >= 11 is 2.15. The van der Waals surface area contributed by atoms with Crippen molar-refractivity contribution in [1.29, 1.82) is 0 Å². The first kappa shape index (κ1) is 11.7. The predicted molar refractivity (Wildman–Crippen MR) is 48.5 cm³/mol. The molecule has 0 spiro atoms. The van der Waals surface area contributed by atoms with Gasteiger partial charge in [0, 0.05) is 34.5 Å². The van der Waals surface area contributed by atoms with Gasteiger partial charge in [0.15, 0.2) is 11.1 Å². The summed E-state index contributed by atoms with van der Waals surface area (Å²) in [6.07, 6.45) is 0. The second-order valence-corrected chi connectivity index (χ2v) is 3.23. The molecule has 0 aliphatic carbocycles. The van der Waals surface area contributed by atoms with E-state index in [1.54, 1.807) is 24.3 Å². The fourth-order valence-corrected chi connectivity index (χ4v) is 1.08. The van der Waals surface area contributed by atoms with Crippen LogP contribution in [0.4, 0.5) is 0 Å². The van der Waals surface area contributed by atoms with Crippen LogP contribution in [0.3, 0.4) is 0 Å². The van der Waals surface area contributed by atoms with Crippen LogP contribution in [0.15, 0.2) is 34.1 Å². The van der Waals surface area contributed by atoms with Crippen LogP contribution in [0.2, 0.25) is 0 Å². The van der Waals surface area contributed by atoms with Crippen molar-refractivity contribution < 1.29 is 8.76 Å². The van der Waals surface area contributed by atoms with Crippen LogP contribution < -0.4 is 0 Å². The Labute approximate surface area is 95.4 Å². The molecular formula is C6H6NaO2S2. The van der Waals surface area contributed by atoms with Crippen LogP contribution in [-0.2, 0) is 11.1 Å². The Balaban J connectivity index is 0.000001000. The van der Waals surface area contributed by atoms with Gasteiger partial charge >= 0.3 is 0 Å². The maximum absolute atomic E-state index is 10.4.